The van der Waals surface area contributed by atoms with Crippen LogP contribution in [0.15, 0.2) is 24.3 Å². The molecule has 0 atom stereocenters. The number of hydrogen-bond acceptors (Lipinski definition) is 4. The van der Waals surface area contributed by atoms with E-state index in [4.69, 9.17) is 4.74 Å². The van der Waals surface area contributed by atoms with Gasteiger partial charge in [0, 0.05) is 6.08 Å². The van der Waals surface area contributed by atoms with Crippen molar-refractivity contribution in [1.82, 2.24) is 0 Å². The van der Waals surface area contributed by atoms with Crippen molar-refractivity contribution in [3.63, 3.8) is 0 Å². The van der Waals surface area contributed by atoms with Crippen molar-refractivity contribution < 1.29 is 19.7 Å². The van der Waals surface area contributed by atoms with Crippen LogP contribution in [-0.4, -0.2) is 22.8 Å². The van der Waals surface area contributed by atoms with E-state index in [9.17, 15) is 15.0 Å². The molecule has 0 saturated heterocycles. The van der Waals surface area contributed by atoms with E-state index < -0.39 is 0 Å². The van der Waals surface area contributed by atoms with Gasteiger partial charge in [0.05, 0.1) is 6.61 Å². The van der Waals surface area contributed by atoms with Gasteiger partial charge in [-0.05, 0) is 30.2 Å². The number of esters is 1. The van der Waals surface area contributed by atoms with E-state index in [1.54, 1.807) is 12.1 Å². The predicted octanol–water partition coefficient (Wildman–Crippen LogP) is 11.4. The Hall–Kier alpha value is -1.97. The third kappa shape index (κ3) is 22.8. The molecule has 0 saturated carbocycles. The summed E-state index contributed by atoms with van der Waals surface area (Å²) in [5.74, 6) is -0.756. The van der Waals surface area contributed by atoms with Crippen molar-refractivity contribution in [2.75, 3.05) is 6.61 Å². The SMILES string of the molecule is CCCCCCCCCCCCCCCCCCCCCCCCCCCOC(=O)C=Cc1ccc(O)c(O)c1. The average Bonchev–Trinajstić information content (AvgIpc) is 2.95. The lowest BCUT2D eigenvalue weighted by atomic mass is 10.0. The molecule has 0 amide bonds. The molecule has 0 bridgehead atoms. The number of phenols is 2. The van der Waals surface area contributed by atoms with Gasteiger partial charge in [-0.1, -0.05) is 167 Å². The van der Waals surface area contributed by atoms with Crippen LogP contribution in [0.1, 0.15) is 173 Å². The number of benzene rings is 1. The summed E-state index contributed by atoms with van der Waals surface area (Å²) in [4.78, 5) is 11.8. The van der Waals surface area contributed by atoms with Gasteiger partial charge < -0.3 is 14.9 Å². The van der Waals surface area contributed by atoms with E-state index in [0.29, 0.717) is 12.2 Å². The van der Waals surface area contributed by atoms with E-state index in [1.165, 1.54) is 166 Å². The highest BCUT2D eigenvalue weighted by atomic mass is 16.5. The van der Waals surface area contributed by atoms with Crippen LogP contribution in [0, 0.1) is 0 Å². The molecule has 2 N–H and O–H groups in total. The lowest BCUT2D eigenvalue weighted by Gasteiger charge is -2.05. The van der Waals surface area contributed by atoms with Gasteiger partial charge in [-0.3, -0.25) is 0 Å². The third-order valence-corrected chi connectivity index (χ3v) is 7.90. The van der Waals surface area contributed by atoms with Crippen LogP contribution in [0.25, 0.3) is 6.08 Å². The van der Waals surface area contributed by atoms with Crippen LogP contribution in [0.5, 0.6) is 11.5 Å². The smallest absolute Gasteiger partial charge is 0.330 e. The van der Waals surface area contributed by atoms with Crippen molar-refractivity contribution in [3.8, 4) is 11.5 Å². The number of aromatic hydroxyl groups is 2. The third-order valence-electron chi connectivity index (χ3n) is 7.90. The Labute approximate surface area is 247 Å². The van der Waals surface area contributed by atoms with Crippen molar-refractivity contribution >= 4 is 12.0 Å². The van der Waals surface area contributed by atoms with Crippen molar-refractivity contribution in [2.45, 2.75) is 167 Å². The summed E-state index contributed by atoms with van der Waals surface area (Å²) in [7, 11) is 0. The summed E-state index contributed by atoms with van der Waals surface area (Å²) in [5.41, 5.74) is 0.636. The number of carbonyl (C=O) groups is 1. The topological polar surface area (TPSA) is 66.8 Å². The maximum atomic E-state index is 11.8. The predicted molar refractivity (Wildman–Crippen MR) is 171 cm³/mol. The normalized spacial score (nSPS) is 11.4. The quantitative estimate of drug-likeness (QED) is 0.0464. The first-order chi connectivity index (χ1) is 19.6. The number of unbranched alkanes of at least 4 members (excludes halogenated alkanes) is 24. The Kier molecular flexibility index (Phi) is 24.5. The summed E-state index contributed by atoms with van der Waals surface area (Å²) >= 11 is 0. The molecule has 0 aromatic heterocycles. The molecule has 1 rings (SSSR count). The molecule has 230 valence electrons. The van der Waals surface area contributed by atoms with Crippen LogP contribution < -0.4 is 0 Å². The molecule has 0 aliphatic carbocycles. The van der Waals surface area contributed by atoms with Crippen molar-refractivity contribution in [2.24, 2.45) is 0 Å². The molecule has 0 spiro atoms. The molecule has 0 unspecified atom stereocenters. The fraction of sp³-hybridized carbons (Fsp3) is 0.750. The molecule has 0 heterocycles. The number of phenolic OH excluding ortho intramolecular Hbond substituents is 2. The summed E-state index contributed by atoms with van der Waals surface area (Å²) in [6.45, 7) is 2.74. The number of ether oxygens (including phenoxy) is 1. The first-order valence-corrected chi connectivity index (χ1v) is 17.0. The largest absolute Gasteiger partial charge is 0.504 e. The van der Waals surface area contributed by atoms with Gasteiger partial charge in [-0.2, -0.15) is 0 Å². The zero-order valence-corrected chi connectivity index (χ0v) is 26.0. The maximum absolute atomic E-state index is 11.8. The van der Waals surface area contributed by atoms with Gasteiger partial charge in [0.2, 0.25) is 0 Å². The summed E-state index contributed by atoms with van der Waals surface area (Å²) in [5, 5.41) is 18.8. The molecule has 1 aromatic carbocycles. The van der Waals surface area contributed by atoms with E-state index in [-0.39, 0.29) is 17.5 Å². The minimum absolute atomic E-state index is 0.176. The van der Waals surface area contributed by atoms with Crippen LogP contribution in [-0.2, 0) is 9.53 Å². The van der Waals surface area contributed by atoms with Gasteiger partial charge in [0.25, 0.3) is 0 Å². The van der Waals surface area contributed by atoms with E-state index in [2.05, 4.69) is 6.92 Å². The van der Waals surface area contributed by atoms with Gasteiger partial charge in [-0.25, -0.2) is 4.79 Å². The van der Waals surface area contributed by atoms with E-state index in [0.717, 1.165) is 12.8 Å². The highest BCUT2D eigenvalue weighted by molar-refractivity contribution is 5.87. The standard InChI is InChI=1S/C36H62O4/c1-2-3-4-5-6-7-8-9-10-11-12-13-14-15-16-17-18-19-20-21-22-23-24-25-26-31-40-36(39)30-28-33-27-29-34(37)35(38)32-33/h27-30,32,37-38H,2-26,31H2,1H3. The second-order valence-corrected chi connectivity index (χ2v) is 11.7. The van der Waals surface area contributed by atoms with Crippen LogP contribution in [0.2, 0.25) is 0 Å². The average molecular weight is 559 g/mol. The maximum Gasteiger partial charge on any atom is 0.330 e. The minimum Gasteiger partial charge on any atom is -0.504 e. The molecular formula is C36H62O4. The first-order valence-electron chi connectivity index (χ1n) is 17.0. The fourth-order valence-corrected chi connectivity index (χ4v) is 5.27. The van der Waals surface area contributed by atoms with Crippen LogP contribution >= 0.6 is 0 Å². The molecule has 0 aliphatic rings. The summed E-state index contributed by atoms with van der Waals surface area (Å²) < 4.78 is 5.23. The molecule has 40 heavy (non-hydrogen) atoms. The highest BCUT2D eigenvalue weighted by Crippen LogP contribution is 2.25. The van der Waals surface area contributed by atoms with E-state index in [1.807, 2.05) is 0 Å². The Morgan fingerprint density at radius 1 is 0.575 bits per heavy atom. The zero-order valence-electron chi connectivity index (χ0n) is 26.0. The number of rotatable bonds is 28. The monoisotopic (exact) mass is 558 g/mol. The Balaban J connectivity index is 1.73. The van der Waals surface area contributed by atoms with Gasteiger partial charge in [0.15, 0.2) is 11.5 Å². The Morgan fingerprint density at radius 2 is 0.950 bits per heavy atom. The van der Waals surface area contributed by atoms with Crippen molar-refractivity contribution in [1.29, 1.82) is 0 Å². The first kappa shape index (κ1) is 36.1. The minimum atomic E-state index is -0.378. The zero-order chi connectivity index (χ0) is 28.9. The van der Waals surface area contributed by atoms with Gasteiger partial charge in [0.1, 0.15) is 0 Å². The van der Waals surface area contributed by atoms with Gasteiger partial charge in [-0.15, -0.1) is 0 Å². The Morgan fingerprint density at radius 3 is 1.32 bits per heavy atom. The molecule has 4 heteroatoms. The number of hydrogen-bond donors (Lipinski definition) is 2. The molecule has 0 radical (unpaired) electrons. The summed E-state index contributed by atoms with van der Waals surface area (Å²) in [6, 6.07) is 4.42. The Bertz CT molecular complexity index is 742. The lowest BCUT2D eigenvalue weighted by Crippen LogP contribution is -2.02. The lowest BCUT2D eigenvalue weighted by molar-refractivity contribution is -0.137. The second-order valence-electron chi connectivity index (χ2n) is 11.7. The highest BCUT2D eigenvalue weighted by Gasteiger charge is 2.01. The molecule has 0 fully saturated rings. The summed E-state index contributed by atoms with van der Waals surface area (Å²) in [6.07, 6.45) is 37.3. The number of carbonyl (C=O) groups excluding carboxylic acids is 1. The molecule has 0 aliphatic heterocycles. The molecule has 4 nitrogen and oxygen atoms in total. The molecule has 1 aromatic rings. The van der Waals surface area contributed by atoms with Crippen LogP contribution in [0.3, 0.4) is 0 Å². The van der Waals surface area contributed by atoms with Crippen LogP contribution in [0.4, 0.5) is 0 Å². The fourth-order valence-electron chi connectivity index (χ4n) is 5.27. The van der Waals surface area contributed by atoms with E-state index >= 15 is 0 Å². The second kappa shape index (κ2) is 27.2. The molecular weight excluding hydrogens is 496 g/mol. The van der Waals surface area contributed by atoms with Gasteiger partial charge >= 0.3 is 5.97 Å². The van der Waals surface area contributed by atoms with Crippen molar-refractivity contribution in [3.05, 3.63) is 29.8 Å².